The van der Waals surface area contributed by atoms with Gasteiger partial charge in [-0.2, -0.15) is 5.10 Å². The smallest absolute Gasteiger partial charge is 0.255 e. The molecular weight excluding hydrogens is 512 g/mol. The standard InChI is InChI=1S/C28H34Cl2FN5O/c1-19(2)10-11-35(28(37)24-9-8-21(29)16-26(24)30)18-25-20(3)32-36(23-7-5-6-22(31)17-23)27(25)34-14-12-33(4)13-15-34/h5-9,16-17,19H,10-15,18H2,1-4H3. The first kappa shape index (κ1) is 27.4. The molecular formula is C28H34Cl2FN5O. The molecule has 198 valence electrons. The van der Waals surface area contributed by atoms with E-state index in [9.17, 15) is 9.18 Å². The quantitative estimate of drug-likeness (QED) is 0.344. The molecule has 2 heterocycles. The SMILES string of the molecule is Cc1nn(-c2cccc(F)c2)c(N2CCN(C)CC2)c1CN(CCC(C)C)C(=O)c1ccc(Cl)cc1Cl. The van der Waals surface area contributed by atoms with Crippen molar-refractivity contribution in [3.8, 4) is 5.69 Å². The van der Waals surface area contributed by atoms with Gasteiger partial charge in [-0.3, -0.25) is 4.79 Å². The number of piperazine rings is 1. The largest absolute Gasteiger partial charge is 0.354 e. The van der Waals surface area contributed by atoms with E-state index in [2.05, 4.69) is 30.7 Å². The van der Waals surface area contributed by atoms with Crippen molar-refractivity contribution in [3.05, 3.63) is 75.1 Å². The van der Waals surface area contributed by atoms with Crippen LogP contribution in [0.2, 0.25) is 10.0 Å². The van der Waals surface area contributed by atoms with Crippen LogP contribution < -0.4 is 4.90 Å². The number of benzene rings is 2. The van der Waals surface area contributed by atoms with Gasteiger partial charge in [0.1, 0.15) is 11.6 Å². The van der Waals surface area contributed by atoms with Gasteiger partial charge in [0.05, 0.1) is 28.5 Å². The molecule has 37 heavy (non-hydrogen) atoms. The molecule has 0 saturated carbocycles. The maximum Gasteiger partial charge on any atom is 0.255 e. The third-order valence-electron chi connectivity index (χ3n) is 6.79. The maximum atomic E-state index is 14.2. The molecule has 4 rings (SSSR count). The van der Waals surface area contributed by atoms with Crippen LogP contribution in [0.3, 0.4) is 0 Å². The van der Waals surface area contributed by atoms with Gasteiger partial charge < -0.3 is 14.7 Å². The zero-order chi connectivity index (χ0) is 26.7. The fraction of sp³-hybridized carbons (Fsp3) is 0.429. The van der Waals surface area contributed by atoms with Gasteiger partial charge in [0.25, 0.3) is 5.91 Å². The number of anilines is 1. The molecule has 1 amide bonds. The number of carbonyl (C=O) groups excluding carboxylic acids is 1. The molecule has 1 aliphatic rings. The van der Waals surface area contributed by atoms with E-state index in [0.717, 1.165) is 49.7 Å². The Bertz CT molecular complexity index is 1250. The van der Waals surface area contributed by atoms with Gasteiger partial charge in [0.15, 0.2) is 0 Å². The summed E-state index contributed by atoms with van der Waals surface area (Å²) in [4.78, 5) is 20.2. The first-order chi connectivity index (χ1) is 17.6. The summed E-state index contributed by atoms with van der Waals surface area (Å²) in [5.41, 5.74) is 2.84. The van der Waals surface area contributed by atoms with E-state index in [-0.39, 0.29) is 11.7 Å². The highest BCUT2D eigenvalue weighted by atomic mass is 35.5. The van der Waals surface area contributed by atoms with Crippen molar-refractivity contribution in [3.63, 3.8) is 0 Å². The molecule has 2 aromatic carbocycles. The highest BCUT2D eigenvalue weighted by Gasteiger charge is 2.28. The summed E-state index contributed by atoms with van der Waals surface area (Å²) >= 11 is 12.5. The van der Waals surface area contributed by atoms with Crippen molar-refractivity contribution in [2.75, 3.05) is 44.7 Å². The Kier molecular flexibility index (Phi) is 8.78. The third-order valence-corrected chi connectivity index (χ3v) is 7.33. The van der Waals surface area contributed by atoms with E-state index in [4.69, 9.17) is 28.3 Å². The van der Waals surface area contributed by atoms with Crippen molar-refractivity contribution < 1.29 is 9.18 Å². The van der Waals surface area contributed by atoms with Gasteiger partial charge in [-0.05, 0) is 62.7 Å². The van der Waals surface area contributed by atoms with Crippen molar-refractivity contribution in [2.24, 2.45) is 5.92 Å². The summed E-state index contributed by atoms with van der Waals surface area (Å²) in [5, 5.41) is 5.66. The predicted molar refractivity (Wildman–Crippen MR) is 149 cm³/mol. The van der Waals surface area contributed by atoms with Gasteiger partial charge in [-0.25, -0.2) is 9.07 Å². The first-order valence-corrected chi connectivity index (χ1v) is 13.4. The molecule has 6 nitrogen and oxygen atoms in total. The fourth-order valence-electron chi connectivity index (χ4n) is 4.55. The Labute approximate surface area is 228 Å². The van der Waals surface area contributed by atoms with Gasteiger partial charge in [0.2, 0.25) is 0 Å². The number of aromatic nitrogens is 2. The second-order valence-corrected chi connectivity index (χ2v) is 10.9. The number of hydrogen-bond donors (Lipinski definition) is 0. The maximum absolute atomic E-state index is 14.2. The molecule has 1 aliphatic heterocycles. The number of hydrogen-bond acceptors (Lipinski definition) is 4. The number of aryl methyl sites for hydroxylation is 1. The second kappa shape index (κ2) is 11.8. The van der Waals surface area contributed by atoms with Gasteiger partial charge in [0, 0.05) is 43.3 Å². The third kappa shape index (κ3) is 6.46. The van der Waals surface area contributed by atoms with Crippen LogP contribution in [0.15, 0.2) is 42.5 Å². The van der Waals surface area contributed by atoms with Crippen LogP contribution in [0, 0.1) is 18.7 Å². The minimum atomic E-state index is -0.317. The van der Waals surface area contributed by atoms with E-state index in [1.165, 1.54) is 12.1 Å². The minimum Gasteiger partial charge on any atom is -0.354 e. The highest BCUT2D eigenvalue weighted by molar-refractivity contribution is 6.36. The van der Waals surface area contributed by atoms with E-state index in [1.807, 2.05) is 22.6 Å². The molecule has 0 atom stereocenters. The molecule has 0 bridgehead atoms. The lowest BCUT2D eigenvalue weighted by atomic mass is 10.1. The number of amides is 1. The summed E-state index contributed by atoms with van der Waals surface area (Å²) in [6.45, 7) is 10.6. The lowest BCUT2D eigenvalue weighted by Crippen LogP contribution is -2.45. The predicted octanol–water partition coefficient (Wildman–Crippen LogP) is 6.07. The second-order valence-electron chi connectivity index (χ2n) is 10.1. The van der Waals surface area contributed by atoms with Crippen molar-refractivity contribution in [1.82, 2.24) is 19.6 Å². The van der Waals surface area contributed by atoms with Crippen molar-refractivity contribution >= 4 is 34.9 Å². The molecule has 0 spiro atoms. The van der Waals surface area contributed by atoms with Crippen LogP contribution in [0.5, 0.6) is 0 Å². The van der Waals surface area contributed by atoms with E-state index < -0.39 is 0 Å². The fourth-order valence-corrected chi connectivity index (χ4v) is 5.04. The molecule has 1 fully saturated rings. The summed E-state index contributed by atoms with van der Waals surface area (Å²) in [7, 11) is 2.11. The first-order valence-electron chi connectivity index (χ1n) is 12.7. The van der Waals surface area contributed by atoms with Crippen LogP contribution >= 0.6 is 23.2 Å². The minimum absolute atomic E-state index is 0.149. The molecule has 0 unspecified atom stereocenters. The molecule has 0 aliphatic carbocycles. The van der Waals surface area contributed by atoms with Crippen LogP contribution in [-0.2, 0) is 6.54 Å². The van der Waals surface area contributed by atoms with Crippen LogP contribution in [0.4, 0.5) is 10.2 Å². The average Bonchev–Trinajstić information content (AvgIpc) is 3.17. The highest BCUT2D eigenvalue weighted by Crippen LogP contribution is 2.31. The zero-order valence-corrected chi connectivity index (χ0v) is 23.4. The molecule has 1 saturated heterocycles. The van der Waals surface area contributed by atoms with Crippen LogP contribution in [0.25, 0.3) is 5.69 Å². The van der Waals surface area contributed by atoms with Gasteiger partial charge in [-0.15, -0.1) is 0 Å². The van der Waals surface area contributed by atoms with Crippen molar-refractivity contribution in [1.29, 1.82) is 0 Å². The number of nitrogens with zero attached hydrogens (tertiary/aromatic N) is 5. The Hall–Kier alpha value is -2.61. The Morgan fingerprint density at radius 1 is 1.11 bits per heavy atom. The van der Waals surface area contributed by atoms with E-state index in [0.29, 0.717) is 40.3 Å². The topological polar surface area (TPSA) is 44.6 Å². The molecule has 9 heteroatoms. The van der Waals surface area contributed by atoms with E-state index in [1.54, 1.807) is 24.3 Å². The molecule has 0 N–H and O–H groups in total. The molecule has 1 aromatic heterocycles. The Morgan fingerprint density at radius 3 is 2.49 bits per heavy atom. The zero-order valence-electron chi connectivity index (χ0n) is 21.8. The van der Waals surface area contributed by atoms with Crippen molar-refractivity contribution in [2.45, 2.75) is 33.7 Å². The number of likely N-dealkylation sites (N-methyl/N-ethyl adjacent to an activating group) is 1. The van der Waals surface area contributed by atoms with E-state index >= 15 is 0 Å². The Balaban J connectivity index is 1.77. The number of rotatable bonds is 8. The lowest BCUT2D eigenvalue weighted by Gasteiger charge is -2.35. The molecule has 0 radical (unpaired) electrons. The summed E-state index contributed by atoms with van der Waals surface area (Å²) in [6, 6.07) is 11.4. The lowest BCUT2D eigenvalue weighted by molar-refractivity contribution is 0.0735. The number of halogens is 3. The summed E-state index contributed by atoms with van der Waals surface area (Å²) in [5.74, 6) is 0.858. The van der Waals surface area contributed by atoms with Gasteiger partial charge in [-0.1, -0.05) is 43.1 Å². The summed E-state index contributed by atoms with van der Waals surface area (Å²) in [6.07, 6.45) is 0.845. The molecule has 3 aromatic rings. The summed E-state index contributed by atoms with van der Waals surface area (Å²) < 4.78 is 16.0. The Morgan fingerprint density at radius 2 is 1.84 bits per heavy atom. The average molecular weight is 547 g/mol. The normalized spacial score (nSPS) is 14.4. The van der Waals surface area contributed by atoms with Crippen LogP contribution in [0.1, 0.15) is 41.9 Å². The number of carbonyl (C=O) groups is 1. The van der Waals surface area contributed by atoms with Crippen LogP contribution in [-0.4, -0.2) is 65.3 Å². The van der Waals surface area contributed by atoms with Gasteiger partial charge >= 0.3 is 0 Å². The monoisotopic (exact) mass is 545 g/mol.